The van der Waals surface area contributed by atoms with Crippen molar-refractivity contribution < 1.29 is 23.8 Å². The quantitative estimate of drug-likeness (QED) is 0.566. The van der Waals surface area contributed by atoms with Crippen molar-refractivity contribution in [3.63, 3.8) is 0 Å². The van der Waals surface area contributed by atoms with Crippen LogP contribution in [0.25, 0.3) is 0 Å². The van der Waals surface area contributed by atoms with Gasteiger partial charge in [0.2, 0.25) is 0 Å². The highest BCUT2D eigenvalue weighted by Gasteiger charge is 2.06. The van der Waals surface area contributed by atoms with Crippen molar-refractivity contribution in [2.75, 3.05) is 7.11 Å². The van der Waals surface area contributed by atoms with Crippen LogP contribution in [0.15, 0.2) is 18.2 Å². The maximum absolute atomic E-state index is 12.8. The Kier molecular flexibility index (Phi) is 2.69. The Labute approximate surface area is 73.5 Å². The van der Waals surface area contributed by atoms with Gasteiger partial charge in [-0.05, 0) is 12.1 Å². The third-order valence-corrected chi connectivity index (χ3v) is 1.33. The number of carboxylic acid groups (broad SMARTS) is 1. The molecule has 5 heteroatoms. The van der Waals surface area contributed by atoms with E-state index in [9.17, 15) is 9.18 Å². The van der Waals surface area contributed by atoms with Crippen molar-refractivity contribution in [3.05, 3.63) is 24.0 Å². The van der Waals surface area contributed by atoms with Crippen molar-refractivity contribution >= 4 is 6.16 Å². The monoisotopic (exact) mass is 186 g/mol. The maximum atomic E-state index is 12.8. The molecule has 0 aliphatic carbocycles. The molecule has 0 saturated heterocycles. The molecule has 0 atom stereocenters. The lowest BCUT2D eigenvalue weighted by molar-refractivity contribution is 0.144. The molecule has 1 aromatic carbocycles. The Balaban J connectivity index is 2.92. The van der Waals surface area contributed by atoms with Gasteiger partial charge in [-0.25, -0.2) is 9.18 Å². The zero-order valence-electron chi connectivity index (χ0n) is 6.78. The molecule has 0 aliphatic heterocycles. The number of hydrogen-bond donors (Lipinski definition) is 1. The molecular weight excluding hydrogens is 179 g/mol. The number of rotatable bonds is 2. The average Bonchev–Trinajstić information content (AvgIpc) is 2.07. The van der Waals surface area contributed by atoms with Crippen LogP contribution < -0.4 is 9.47 Å². The van der Waals surface area contributed by atoms with E-state index >= 15 is 0 Å². The summed E-state index contributed by atoms with van der Waals surface area (Å²) in [6.45, 7) is 0. The minimum Gasteiger partial charge on any atom is -0.494 e. The van der Waals surface area contributed by atoms with Gasteiger partial charge in [-0.1, -0.05) is 0 Å². The highest BCUT2D eigenvalue weighted by atomic mass is 19.1. The van der Waals surface area contributed by atoms with E-state index < -0.39 is 12.0 Å². The normalized spacial score (nSPS) is 9.38. The first kappa shape index (κ1) is 9.31. The van der Waals surface area contributed by atoms with Gasteiger partial charge in [0.05, 0.1) is 7.11 Å². The highest BCUT2D eigenvalue weighted by molar-refractivity contribution is 5.61. The predicted octanol–water partition coefficient (Wildman–Crippen LogP) is 1.89. The molecule has 0 fully saturated rings. The van der Waals surface area contributed by atoms with Gasteiger partial charge in [-0.2, -0.15) is 0 Å². The summed E-state index contributed by atoms with van der Waals surface area (Å²) in [5.74, 6) is -0.607. The summed E-state index contributed by atoms with van der Waals surface area (Å²) in [6, 6.07) is 3.42. The fourth-order valence-electron chi connectivity index (χ4n) is 0.804. The minimum atomic E-state index is -1.45. The summed E-state index contributed by atoms with van der Waals surface area (Å²) in [7, 11) is 1.28. The van der Waals surface area contributed by atoms with Crippen molar-refractivity contribution in [3.8, 4) is 11.5 Å². The SMILES string of the molecule is COc1cc(OC(=O)O)ccc1F. The van der Waals surface area contributed by atoms with E-state index in [1.54, 1.807) is 0 Å². The number of hydrogen-bond acceptors (Lipinski definition) is 3. The van der Waals surface area contributed by atoms with Crippen LogP contribution in [-0.4, -0.2) is 18.4 Å². The molecule has 70 valence electrons. The summed E-state index contributed by atoms with van der Waals surface area (Å²) in [5, 5.41) is 8.24. The highest BCUT2D eigenvalue weighted by Crippen LogP contribution is 2.22. The Morgan fingerprint density at radius 2 is 2.23 bits per heavy atom. The van der Waals surface area contributed by atoms with Gasteiger partial charge in [0.15, 0.2) is 11.6 Å². The van der Waals surface area contributed by atoms with Gasteiger partial charge in [0.25, 0.3) is 0 Å². The minimum absolute atomic E-state index is 0.0192. The van der Waals surface area contributed by atoms with Crippen LogP contribution in [0, 0.1) is 5.82 Å². The van der Waals surface area contributed by atoms with Crippen LogP contribution in [0.3, 0.4) is 0 Å². The molecule has 1 aromatic rings. The lowest BCUT2D eigenvalue weighted by Crippen LogP contribution is -2.03. The zero-order chi connectivity index (χ0) is 9.84. The topological polar surface area (TPSA) is 55.8 Å². The third-order valence-electron chi connectivity index (χ3n) is 1.33. The number of benzene rings is 1. The van der Waals surface area contributed by atoms with Crippen LogP contribution in [0.2, 0.25) is 0 Å². The van der Waals surface area contributed by atoms with Crippen molar-refractivity contribution in [2.45, 2.75) is 0 Å². The van der Waals surface area contributed by atoms with E-state index in [2.05, 4.69) is 9.47 Å². The molecule has 1 N–H and O–H groups in total. The smallest absolute Gasteiger partial charge is 0.494 e. The van der Waals surface area contributed by atoms with Gasteiger partial charge in [0, 0.05) is 6.07 Å². The summed E-state index contributed by atoms with van der Waals surface area (Å²) in [4.78, 5) is 10.1. The van der Waals surface area contributed by atoms with Crippen molar-refractivity contribution in [1.82, 2.24) is 0 Å². The zero-order valence-corrected chi connectivity index (χ0v) is 6.78. The third kappa shape index (κ3) is 2.33. The standard InChI is InChI=1S/C8H7FO4/c1-12-7-4-5(13-8(10)11)2-3-6(7)9/h2-4H,1H3,(H,10,11). The Morgan fingerprint density at radius 1 is 1.54 bits per heavy atom. The number of halogens is 1. The summed E-state index contributed by atoms with van der Waals surface area (Å²) in [5.41, 5.74) is 0. The summed E-state index contributed by atoms with van der Waals surface area (Å²) >= 11 is 0. The first-order valence-corrected chi connectivity index (χ1v) is 3.38. The van der Waals surface area contributed by atoms with Gasteiger partial charge < -0.3 is 14.6 Å². The molecule has 0 saturated carbocycles. The van der Waals surface area contributed by atoms with E-state index in [1.807, 2.05) is 0 Å². The number of carbonyl (C=O) groups is 1. The second-order valence-electron chi connectivity index (χ2n) is 2.16. The molecule has 0 amide bonds. The van der Waals surface area contributed by atoms with E-state index in [4.69, 9.17) is 5.11 Å². The molecule has 0 unspecified atom stereocenters. The van der Waals surface area contributed by atoms with E-state index in [0.717, 1.165) is 12.1 Å². The van der Waals surface area contributed by atoms with Gasteiger partial charge in [-0.3, -0.25) is 0 Å². The van der Waals surface area contributed by atoms with E-state index in [0.29, 0.717) is 0 Å². The molecule has 0 aliphatic rings. The van der Waals surface area contributed by atoms with Crippen LogP contribution in [-0.2, 0) is 0 Å². The molecular formula is C8H7FO4. The Bertz CT molecular complexity index is 324. The van der Waals surface area contributed by atoms with Crippen molar-refractivity contribution in [1.29, 1.82) is 0 Å². The summed E-state index contributed by atoms with van der Waals surface area (Å²) in [6.07, 6.45) is -1.45. The Morgan fingerprint density at radius 3 is 2.77 bits per heavy atom. The second kappa shape index (κ2) is 3.75. The fourth-order valence-corrected chi connectivity index (χ4v) is 0.804. The average molecular weight is 186 g/mol. The lowest BCUT2D eigenvalue weighted by atomic mass is 10.3. The maximum Gasteiger partial charge on any atom is 0.511 e. The molecule has 0 radical (unpaired) electrons. The van der Waals surface area contributed by atoms with Gasteiger partial charge >= 0.3 is 6.16 Å². The molecule has 0 aromatic heterocycles. The number of ether oxygens (including phenoxy) is 2. The Hall–Kier alpha value is -1.78. The van der Waals surface area contributed by atoms with E-state index in [-0.39, 0.29) is 11.5 Å². The van der Waals surface area contributed by atoms with Crippen LogP contribution in [0.5, 0.6) is 11.5 Å². The van der Waals surface area contributed by atoms with Gasteiger partial charge in [0.1, 0.15) is 5.75 Å². The van der Waals surface area contributed by atoms with Crippen LogP contribution >= 0.6 is 0 Å². The van der Waals surface area contributed by atoms with Crippen molar-refractivity contribution in [2.24, 2.45) is 0 Å². The first-order valence-electron chi connectivity index (χ1n) is 3.38. The number of methoxy groups -OCH3 is 1. The molecule has 4 nitrogen and oxygen atoms in total. The predicted molar refractivity (Wildman–Crippen MR) is 41.6 cm³/mol. The molecule has 0 spiro atoms. The van der Waals surface area contributed by atoms with Gasteiger partial charge in [-0.15, -0.1) is 0 Å². The molecule has 13 heavy (non-hydrogen) atoms. The van der Waals surface area contributed by atoms with E-state index in [1.165, 1.54) is 13.2 Å². The van der Waals surface area contributed by atoms with Crippen LogP contribution in [0.1, 0.15) is 0 Å². The second-order valence-corrected chi connectivity index (χ2v) is 2.16. The lowest BCUT2D eigenvalue weighted by Gasteiger charge is -2.03. The largest absolute Gasteiger partial charge is 0.511 e. The first-order chi connectivity index (χ1) is 6.13. The molecule has 0 heterocycles. The summed E-state index contributed by atoms with van der Waals surface area (Å²) < 4.78 is 21.7. The fraction of sp³-hybridized carbons (Fsp3) is 0.125. The molecule has 0 bridgehead atoms. The van der Waals surface area contributed by atoms with Crippen LogP contribution in [0.4, 0.5) is 9.18 Å². The molecule has 1 rings (SSSR count).